The lowest BCUT2D eigenvalue weighted by Gasteiger charge is -2.43. The van der Waals surface area contributed by atoms with Crippen molar-refractivity contribution < 1.29 is 24.2 Å². The summed E-state index contributed by atoms with van der Waals surface area (Å²) in [6.45, 7) is 17.0. The van der Waals surface area contributed by atoms with Crippen LogP contribution in [0.15, 0.2) is 79.9 Å². The van der Waals surface area contributed by atoms with Crippen LogP contribution < -0.4 is 9.64 Å². The van der Waals surface area contributed by atoms with Gasteiger partial charge in [0.25, 0.3) is 0 Å². The molecule has 1 spiro atoms. The molecule has 3 saturated heterocycles. The number of amides is 3. The first-order valence-corrected chi connectivity index (χ1v) is 18.3. The van der Waals surface area contributed by atoms with Crippen molar-refractivity contribution in [1.82, 2.24) is 9.80 Å². The second kappa shape index (κ2) is 15.3. The lowest BCUT2D eigenvalue weighted by Crippen LogP contribution is -2.60. The molecule has 0 radical (unpaired) electrons. The Balaban J connectivity index is 1.60. The van der Waals surface area contributed by atoms with Crippen LogP contribution >= 0.6 is 11.8 Å². The number of fused-ring (bicyclic) bond motifs is 1. The number of benzene rings is 2. The van der Waals surface area contributed by atoms with Crippen LogP contribution in [0.2, 0.25) is 0 Å². The van der Waals surface area contributed by atoms with Crippen molar-refractivity contribution in [1.29, 1.82) is 0 Å². The highest BCUT2D eigenvalue weighted by molar-refractivity contribution is 8.02. The van der Waals surface area contributed by atoms with Gasteiger partial charge in [-0.3, -0.25) is 14.4 Å². The molecule has 3 aliphatic heterocycles. The summed E-state index contributed by atoms with van der Waals surface area (Å²) in [4.78, 5) is 50.1. The second-order valence-corrected chi connectivity index (χ2v) is 15.0. The number of aliphatic hydroxyl groups is 1. The van der Waals surface area contributed by atoms with Gasteiger partial charge in [-0.25, -0.2) is 0 Å². The fourth-order valence-electron chi connectivity index (χ4n) is 8.43. The molecule has 3 aliphatic rings. The van der Waals surface area contributed by atoms with Gasteiger partial charge in [-0.1, -0.05) is 62.8 Å². The lowest BCUT2D eigenvalue weighted by molar-refractivity contribution is -0.146. The zero-order chi connectivity index (χ0) is 34.6. The summed E-state index contributed by atoms with van der Waals surface area (Å²) in [6, 6.07) is 15.7. The first-order chi connectivity index (χ1) is 23.2. The maximum absolute atomic E-state index is 15.1. The highest BCUT2D eigenvalue weighted by atomic mass is 32.2. The van der Waals surface area contributed by atoms with Crippen molar-refractivity contribution >= 4 is 35.2 Å². The molecule has 5 rings (SSSR count). The van der Waals surface area contributed by atoms with Gasteiger partial charge >= 0.3 is 0 Å². The lowest BCUT2D eigenvalue weighted by atomic mass is 9.65. The fraction of sp³-hybridized carbons (Fsp3) is 0.513. The van der Waals surface area contributed by atoms with E-state index in [2.05, 4.69) is 27.0 Å². The fourth-order valence-corrected chi connectivity index (χ4v) is 10.8. The molecule has 2 bridgehead atoms. The van der Waals surface area contributed by atoms with Gasteiger partial charge < -0.3 is 24.5 Å². The minimum Gasteiger partial charge on any atom is -0.494 e. The summed E-state index contributed by atoms with van der Waals surface area (Å²) in [6.07, 6.45) is 6.29. The maximum Gasteiger partial charge on any atom is 0.247 e. The number of nitrogens with zero attached hydrogens (tertiary/aromatic N) is 3. The predicted octanol–water partition coefficient (Wildman–Crippen LogP) is 5.75. The largest absolute Gasteiger partial charge is 0.494 e. The summed E-state index contributed by atoms with van der Waals surface area (Å²) >= 11 is 1.66. The van der Waals surface area contributed by atoms with E-state index in [4.69, 9.17) is 4.74 Å². The third kappa shape index (κ3) is 6.31. The molecule has 3 amide bonds. The summed E-state index contributed by atoms with van der Waals surface area (Å²) in [5.74, 6) is -1.08. The zero-order valence-corrected chi connectivity index (χ0v) is 29.6. The summed E-state index contributed by atoms with van der Waals surface area (Å²) in [5.41, 5.74) is 1.67. The van der Waals surface area contributed by atoms with Gasteiger partial charge in [0.05, 0.1) is 35.8 Å². The van der Waals surface area contributed by atoms with Gasteiger partial charge in [0.2, 0.25) is 17.7 Å². The van der Waals surface area contributed by atoms with Crippen molar-refractivity contribution in [2.24, 2.45) is 17.8 Å². The molecule has 258 valence electrons. The van der Waals surface area contributed by atoms with E-state index in [1.54, 1.807) is 33.7 Å². The Morgan fingerprint density at radius 2 is 1.77 bits per heavy atom. The van der Waals surface area contributed by atoms with Crippen molar-refractivity contribution in [3.63, 3.8) is 0 Å². The molecule has 4 unspecified atom stereocenters. The molecule has 8 atom stereocenters. The van der Waals surface area contributed by atoms with E-state index in [9.17, 15) is 9.90 Å². The van der Waals surface area contributed by atoms with Crippen LogP contribution in [-0.2, 0) is 20.8 Å². The van der Waals surface area contributed by atoms with Gasteiger partial charge in [-0.2, -0.15) is 0 Å². The summed E-state index contributed by atoms with van der Waals surface area (Å²) in [5, 5.41) is 10.8. The van der Waals surface area contributed by atoms with Crippen LogP contribution in [0.1, 0.15) is 52.5 Å². The van der Waals surface area contributed by atoms with Gasteiger partial charge in [-0.15, -0.1) is 24.9 Å². The Bertz CT molecular complexity index is 1470. The van der Waals surface area contributed by atoms with Gasteiger partial charge in [-0.05, 0) is 68.9 Å². The van der Waals surface area contributed by atoms with Crippen LogP contribution in [0.4, 0.5) is 5.69 Å². The second-order valence-electron chi connectivity index (χ2n) is 13.4. The minimum absolute atomic E-state index is 0.00547. The Kier molecular flexibility index (Phi) is 11.4. The number of rotatable bonds is 16. The van der Waals surface area contributed by atoms with E-state index >= 15 is 9.59 Å². The van der Waals surface area contributed by atoms with Crippen molar-refractivity contribution in [3.05, 3.63) is 85.5 Å². The summed E-state index contributed by atoms with van der Waals surface area (Å²) in [7, 11) is 0. The molecule has 2 aromatic carbocycles. The number of anilines is 1. The molecule has 3 fully saturated rings. The van der Waals surface area contributed by atoms with E-state index in [0.717, 1.165) is 24.8 Å². The van der Waals surface area contributed by atoms with Crippen LogP contribution in [0.3, 0.4) is 0 Å². The number of hydrogen-bond donors (Lipinski definition) is 1. The topological polar surface area (TPSA) is 90.4 Å². The molecule has 9 heteroatoms. The van der Waals surface area contributed by atoms with Crippen LogP contribution in [-0.4, -0.2) is 87.1 Å². The Labute approximate surface area is 290 Å². The minimum atomic E-state index is -0.823. The highest BCUT2D eigenvalue weighted by Crippen LogP contribution is 2.69. The SMILES string of the molecule is C=CCN(C(=O)[C@@H]1[C@@H]2CC(C)C3(S2)C(C(=O)N(CC=C)C(C)CCC)N([C@@H](CO)Cc2ccccc2)C(=O)[C@H]13)c1ccc(OCC)cc1. The number of thioether (sulfide) groups is 1. The third-order valence-electron chi connectivity index (χ3n) is 10.5. The van der Waals surface area contributed by atoms with Gasteiger partial charge in [0.1, 0.15) is 11.8 Å². The number of aliphatic hydroxyl groups excluding tert-OH is 1. The molecule has 2 aromatic rings. The van der Waals surface area contributed by atoms with E-state index in [1.807, 2.05) is 73.3 Å². The average molecular weight is 674 g/mol. The third-order valence-corrected chi connectivity index (χ3v) is 12.6. The maximum atomic E-state index is 15.1. The first-order valence-electron chi connectivity index (χ1n) is 17.4. The van der Waals surface area contributed by atoms with Crippen LogP contribution in [0.5, 0.6) is 5.75 Å². The van der Waals surface area contributed by atoms with Crippen molar-refractivity contribution in [2.75, 3.05) is 31.2 Å². The quantitative estimate of drug-likeness (QED) is 0.229. The number of carbonyl (C=O) groups excluding carboxylic acids is 3. The molecule has 48 heavy (non-hydrogen) atoms. The standard InChI is InChI=1S/C39H51N3O5S/c1-7-14-27(6)40(21-8-2)38(46)35-39-26(5)23-32(48-39)33(36(44)41(22-9-3)29-17-19-31(20-18-29)47-10-4)34(39)37(45)42(35)30(25-43)24-28-15-12-11-13-16-28/h8-9,11-13,15-20,26-27,30,32-35,43H,2-3,7,10,14,21-25H2,1,4-6H3/t26?,27?,30-,32+,33-,34+,35?,39?/m1/s1. The predicted molar refractivity (Wildman–Crippen MR) is 193 cm³/mol. The van der Waals surface area contributed by atoms with Gasteiger partial charge in [0, 0.05) is 30.1 Å². The zero-order valence-electron chi connectivity index (χ0n) is 28.8. The number of carbonyl (C=O) groups is 3. The van der Waals surface area contributed by atoms with Crippen molar-refractivity contribution in [3.8, 4) is 5.75 Å². The molecule has 1 N–H and O–H groups in total. The summed E-state index contributed by atoms with van der Waals surface area (Å²) < 4.78 is 4.82. The Morgan fingerprint density at radius 1 is 1.08 bits per heavy atom. The monoisotopic (exact) mass is 673 g/mol. The molecular formula is C39H51N3O5S. The van der Waals surface area contributed by atoms with E-state index in [1.165, 1.54) is 0 Å². The number of ether oxygens (including phenoxy) is 1. The Hall–Kier alpha value is -3.56. The van der Waals surface area contributed by atoms with Gasteiger partial charge in [0.15, 0.2) is 0 Å². The van der Waals surface area contributed by atoms with E-state index in [-0.39, 0.29) is 48.1 Å². The molecular weight excluding hydrogens is 623 g/mol. The van der Waals surface area contributed by atoms with E-state index in [0.29, 0.717) is 31.0 Å². The van der Waals surface area contributed by atoms with Crippen LogP contribution in [0, 0.1) is 17.8 Å². The number of hydrogen-bond acceptors (Lipinski definition) is 6. The Morgan fingerprint density at radius 3 is 2.38 bits per heavy atom. The molecule has 3 heterocycles. The van der Waals surface area contributed by atoms with Crippen LogP contribution in [0.25, 0.3) is 0 Å². The highest BCUT2D eigenvalue weighted by Gasteiger charge is 2.77. The van der Waals surface area contributed by atoms with Crippen molar-refractivity contribution in [2.45, 2.75) is 81.5 Å². The molecule has 8 nitrogen and oxygen atoms in total. The normalized spacial score (nSPS) is 26.9. The molecule has 0 saturated carbocycles. The van der Waals surface area contributed by atoms with E-state index < -0.39 is 28.7 Å². The molecule has 0 aliphatic carbocycles. The number of likely N-dealkylation sites (tertiary alicyclic amines) is 1. The first kappa shape index (κ1) is 35.7. The average Bonchev–Trinajstić information content (AvgIpc) is 3.69. The smallest absolute Gasteiger partial charge is 0.247 e. The molecule has 0 aromatic heterocycles.